The number of nitrogens with one attached hydrogen (secondary N) is 2. The number of aryl methyl sites for hydroxylation is 1. The van der Waals surface area contributed by atoms with Crippen LogP contribution in [0.25, 0.3) is 16.6 Å². The zero-order valence-electron chi connectivity index (χ0n) is 22.3. The summed E-state index contributed by atoms with van der Waals surface area (Å²) in [6.07, 6.45) is 2.85. The predicted octanol–water partition coefficient (Wildman–Crippen LogP) is 4.61. The van der Waals surface area contributed by atoms with Crippen LogP contribution in [0, 0.1) is 16.7 Å². The molecule has 11 heteroatoms. The van der Waals surface area contributed by atoms with Gasteiger partial charge in [-0.3, -0.25) is 14.9 Å². The van der Waals surface area contributed by atoms with Crippen molar-refractivity contribution < 1.29 is 14.7 Å². The molecule has 0 atom stereocenters. The lowest BCUT2D eigenvalue weighted by atomic mass is 10.1. The van der Waals surface area contributed by atoms with Crippen molar-refractivity contribution in [2.75, 3.05) is 17.3 Å². The molecule has 0 saturated carbocycles. The average molecular weight is 556 g/mol. The van der Waals surface area contributed by atoms with Crippen LogP contribution < -0.4 is 16.0 Å². The summed E-state index contributed by atoms with van der Waals surface area (Å²) < 4.78 is 1.82. The van der Waals surface area contributed by atoms with Gasteiger partial charge in [-0.05, 0) is 68.8 Å². The first-order valence-corrected chi connectivity index (χ1v) is 13.2. The highest BCUT2D eigenvalue weighted by Crippen LogP contribution is 2.28. The van der Waals surface area contributed by atoms with Crippen molar-refractivity contribution in [1.82, 2.24) is 9.55 Å². The molecule has 0 aliphatic rings. The molecule has 0 aliphatic heterocycles. The molecule has 0 unspecified atom stereocenters. The molecule has 0 fully saturated rings. The monoisotopic (exact) mass is 555 g/mol. The zero-order valence-corrected chi connectivity index (χ0v) is 23.1. The smallest absolute Gasteiger partial charge is 0.268 e. The Morgan fingerprint density at radius 1 is 1.23 bits per heavy atom. The number of aliphatic hydroxyl groups is 1. The quantitative estimate of drug-likeness (QED) is 0.221. The summed E-state index contributed by atoms with van der Waals surface area (Å²) in [5.41, 5.74) is 7.78. The molecule has 2 aromatic carbocycles. The summed E-state index contributed by atoms with van der Waals surface area (Å²) in [5.74, 6) is -0.355. The Bertz CT molecular complexity index is 1670. The lowest BCUT2D eigenvalue weighted by molar-refractivity contribution is 0.0667. The van der Waals surface area contributed by atoms with Crippen LogP contribution >= 0.6 is 11.3 Å². The van der Waals surface area contributed by atoms with E-state index in [4.69, 9.17) is 11.1 Å². The fourth-order valence-electron chi connectivity index (χ4n) is 4.05. The fraction of sp³-hybridized carbons (Fsp3) is 0.207. The number of nitrogens with two attached hydrogens (primary N) is 1. The summed E-state index contributed by atoms with van der Waals surface area (Å²) in [6.45, 7) is 3.81. The molecular weight excluding hydrogens is 526 g/mol. The van der Waals surface area contributed by atoms with Crippen LogP contribution in [-0.4, -0.2) is 45.3 Å². The molecular formula is C29H29N7O3S. The van der Waals surface area contributed by atoms with Crippen LogP contribution in [0.4, 0.5) is 11.6 Å². The first-order valence-electron chi connectivity index (χ1n) is 12.4. The van der Waals surface area contributed by atoms with Crippen LogP contribution in [-0.2, 0) is 6.54 Å². The minimum atomic E-state index is -0.942. The topological polar surface area (TPSA) is 161 Å². The number of nitrogens with zero attached hydrogens (tertiary/aromatic N) is 4. The number of benzene rings is 2. The van der Waals surface area contributed by atoms with Crippen molar-refractivity contribution in [1.29, 1.82) is 10.7 Å². The van der Waals surface area contributed by atoms with E-state index in [2.05, 4.69) is 10.3 Å². The van der Waals surface area contributed by atoms with E-state index in [1.807, 2.05) is 16.7 Å². The molecule has 40 heavy (non-hydrogen) atoms. The molecule has 0 spiro atoms. The van der Waals surface area contributed by atoms with Gasteiger partial charge in [0.05, 0.1) is 33.1 Å². The van der Waals surface area contributed by atoms with E-state index in [-0.39, 0.29) is 11.8 Å². The van der Waals surface area contributed by atoms with Crippen molar-refractivity contribution in [3.05, 3.63) is 81.7 Å². The second-order valence-corrected chi connectivity index (χ2v) is 10.8. The number of amides is 2. The number of imidazole rings is 1. The molecule has 2 aromatic heterocycles. The fourth-order valence-corrected chi connectivity index (χ4v) is 4.94. The lowest BCUT2D eigenvalue weighted by Crippen LogP contribution is -2.26. The van der Waals surface area contributed by atoms with Crippen LogP contribution in [0.2, 0.25) is 0 Å². The molecule has 0 radical (unpaired) electrons. The Labute approximate surface area is 235 Å². The molecule has 2 heterocycles. The van der Waals surface area contributed by atoms with E-state index >= 15 is 0 Å². The Morgan fingerprint density at radius 2 is 1.98 bits per heavy atom. The minimum Gasteiger partial charge on any atom is -0.404 e. The first kappa shape index (κ1) is 28.2. The maximum Gasteiger partial charge on any atom is 0.268 e. The number of anilines is 2. The molecule has 2 amide bonds. The van der Waals surface area contributed by atoms with Gasteiger partial charge in [0.15, 0.2) is 0 Å². The van der Waals surface area contributed by atoms with Crippen LogP contribution in [0.1, 0.15) is 50.7 Å². The maximum absolute atomic E-state index is 13.1. The van der Waals surface area contributed by atoms with E-state index in [1.54, 1.807) is 69.4 Å². The third-order valence-electron chi connectivity index (χ3n) is 6.28. The maximum atomic E-state index is 13.1. The van der Waals surface area contributed by atoms with Gasteiger partial charge in [0.1, 0.15) is 0 Å². The number of carbonyl (C=O) groups excluding carboxylic acids is 2. The molecule has 4 rings (SSSR count). The third-order valence-corrected chi connectivity index (χ3v) is 7.42. The summed E-state index contributed by atoms with van der Waals surface area (Å²) >= 11 is 1.21. The van der Waals surface area contributed by atoms with E-state index < -0.39 is 5.60 Å². The van der Waals surface area contributed by atoms with Crippen molar-refractivity contribution in [3.8, 4) is 6.07 Å². The van der Waals surface area contributed by atoms with Crippen LogP contribution in [0.15, 0.2) is 60.8 Å². The van der Waals surface area contributed by atoms with E-state index in [1.165, 1.54) is 22.4 Å². The largest absolute Gasteiger partial charge is 0.404 e. The van der Waals surface area contributed by atoms with Gasteiger partial charge in [0.25, 0.3) is 11.8 Å². The second kappa shape index (κ2) is 11.5. The van der Waals surface area contributed by atoms with Crippen molar-refractivity contribution in [2.45, 2.75) is 32.4 Å². The number of hydrogen-bond acceptors (Lipinski definition) is 8. The van der Waals surface area contributed by atoms with E-state index in [9.17, 15) is 20.0 Å². The summed E-state index contributed by atoms with van der Waals surface area (Å²) in [7, 11) is 1.64. The molecule has 0 aliphatic carbocycles. The Kier molecular flexibility index (Phi) is 8.13. The summed E-state index contributed by atoms with van der Waals surface area (Å²) in [6, 6.07) is 17.3. The molecule has 4 aromatic rings. The number of rotatable bonds is 9. The Hall–Kier alpha value is -4.79. The van der Waals surface area contributed by atoms with Crippen LogP contribution in [0.5, 0.6) is 0 Å². The SMILES string of the molecule is CN(C(=O)c1cccc(C#N)c1)c1ccc2c(c1)nc(NC(=O)c1ccc(/C(C=N)=C/N)s1)n2CCC(C)(C)O. The highest BCUT2D eigenvalue weighted by Gasteiger charge is 2.21. The standard InChI is InChI=1S/C29H29N7O3S/c1-29(2,39)11-12-36-23-8-7-21(35(3)27(38)19-6-4-5-18(13-19)15-30)14-22(23)33-28(36)34-26(37)25-10-9-24(40-25)20(16-31)17-32/h4-10,13-14,16-17,31,39H,11-12,32H2,1-3H3,(H,33,34,37)/b20-17+,31-16?. The lowest BCUT2D eigenvalue weighted by Gasteiger charge is -2.19. The summed E-state index contributed by atoms with van der Waals surface area (Å²) in [5, 5.41) is 29.9. The van der Waals surface area contributed by atoms with E-state index in [0.29, 0.717) is 56.6 Å². The molecule has 10 nitrogen and oxygen atoms in total. The van der Waals surface area contributed by atoms with Crippen molar-refractivity contribution >= 4 is 57.6 Å². The first-order chi connectivity index (χ1) is 19.0. The van der Waals surface area contributed by atoms with Gasteiger partial charge >= 0.3 is 0 Å². The van der Waals surface area contributed by atoms with Crippen LogP contribution in [0.3, 0.4) is 0 Å². The Morgan fingerprint density at radius 3 is 2.65 bits per heavy atom. The number of nitriles is 1. The zero-order chi connectivity index (χ0) is 29.0. The number of carbonyl (C=O) groups is 2. The number of allylic oxidation sites excluding steroid dienone is 1. The normalized spacial score (nSPS) is 11.7. The van der Waals surface area contributed by atoms with Gasteiger partial charge < -0.3 is 25.7 Å². The minimum absolute atomic E-state index is 0.282. The second-order valence-electron chi connectivity index (χ2n) is 9.76. The van der Waals surface area contributed by atoms with Gasteiger partial charge in [-0.1, -0.05) is 6.07 Å². The number of aromatic nitrogens is 2. The van der Waals surface area contributed by atoms with Gasteiger partial charge in [-0.15, -0.1) is 11.3 Å². The van der Waals surface area contributed by atoms with Gasteiger partial charge in [-0.25, -0.2) is 4.98 Å². The van der Waals surface area contributed by atoms with E-state index in [0.717, 1.165) is 11.7 Å². The van der Waals surface area contributed by atoms with Crippen molar-refractivity contribution in [2.24, 2.45) is 5.73 Å². The molecule has 0 saturated heterocycles. The number of thiophene rings is 1. The van der Waals surface area contributed by atoms with Crippen molar-refractivity contribution in [3.63, 3.8) is 0 Å². The van der Waals surface area contributed by atoms with Gasteiger partial charge in [-0.2, -0.15) is 5.26 Å². The predicted molar refractivity (Wildman–Crippen MR) is 158 cm³/mol. The molecule has 204 valence electrons. The molecule has 0 bridgehead atoms. The highest BCUT2D eigenvalue weighted by atomic mass is 32.1. The number of hydrogen-bond donors (Lipinski definition) is 4. The summed E-state index contributed by atoms with van der Waals surface area (Å²) in [4.78, 5) is 33.5. The van der Waals surface area contributed by atoms with Gasteiger partial charge in [0.2, 0.25) is 5.95 Å². The highest BCUT2D eigenvalue weighted by molar-refractivity contribution is 7.15. The third kappa shape index (κ3) is 6.09. The number of fused-ring (bicyclic) bond motifs is 1. The van der Waals surface area contributed by atoms with Gasteiger partial charge in [0, 0.05) is 47.7 Å². The molecule has 5 N–H and O–H groups in total. The average Bonchev–Trinajstić information content (AvgIpc) is 3.56. The Balaban J connectivity index is 1.67.